The molecule has 2 saturated heterocycles. The van der Waals surface area contributed by atoms with Crippen LogP contribution in [0.25, 0.3) is 6.08 Å². The molecule has 3 rings (SSSR count). The zero-order chi connectivity index (χ0) is 16.8. The molecule has 2 aliphatic rings. The number of nitrogens with zero attached hydrogens (tertiary/aromatic N) is 2. The fourth-order valence-electron chi connectivity index (χ4n) is 3.25. The van der Waals surface area contributed by atoms with Crippen LogP contribution in [0.3, 0.4) is 0 Å². The van der Waals surface area contributed by atoms with Crippen LogP contribution in [0.4, 0.5) is 0 Å². The van der Waals surface area contributed by atoms with E-state index in [-0.39, 0.29) is 5.91 Å². The molecule has 0 bridgehead atoms. The van der Waals surface area contributed by atoms with Gasteiger partial charge in [-0.05, 0) is 24.3 Å². The highest BCUT2D eigenvalue weighted by atomic mass is 16.5. The summed E-state index contributed by atoms with van der Waals surface area (Å²) in [6.07, 6.45) is 6.52. The molecule has 2 radical (unpaired) electrons. The number of ether oxygens (including phenoxy) is 1. The van der Waals surface area contributed by atoms with Gasteiger partial charge in [-0.1, -0.05) is 41.9 Å². The van der Waals surface area contributed by atoms with Crippen LogP contribution in [0.1, 0.15) is 18.4 Å². The average Bonchev–Trinajstić information content (AvgIpc) is 2.62. The lowest BCUT2D eigenvalue weighted by Crippen LogP contribution is -2.46. The summed E-state index contributed by atoms with van der Waals surface area (Å²) < 4.78 is 5.33. The van der Waals surface area contributed by atoms with Gasteiger partial charge >= 0.3 is 0 Å². The summed E-state index contributed by atoms with van der Waals surface area (Å²) in [5.41, 5.74) is 1.97. The molecule has 0 atom stereocenters. The van der Waals surface area contributed by atoms with E-state index >= 15 is 0 Å². The highest BCUT2D eigenvalue weighted by molar-refractivity contribution is 6.32. The molecule has 0 saturated carbocycles. The molecule has 0 N–H and O–H groups in total. The number of allylic oxidation sites excluding steroid dienone is 1. The third-order valence-corrected chi connectivity index (χ3v) is 4.85. The Hall–Kier alpha value is -1.59. The summed E-state index contributed by atoms with van der Waals surface area (Å²) in [7, 11) is 5.70. The summed E-state index contributed by atoms with van der Waals surface area (Å²) in [5.74, 6) is 0.813. The fraction of sp³-hybridized carbons (Fsp3) is 0.526. The number of rotatable bonds is 4. The van der Waals surface area contributed by atoms with Crippen LogP contribution in [-0.2, 0) is 9.53 Å². The van der Waals surface area contributed by atoms with E-state index in [1.54, 1.807) is 0 Å². The average molecular weight is 324 g/mol. The lowest BCUT2D eigenvalue weighted by Gasteiger charge is -2.33. The van der Waals surface area contributed by atoms with Crippen molar-refractivity contribution in [2.24, 2.45) is 5.92 Å². The molecular weight excluding hydrogens is 299 g/mol. The van der Waals surface area contributed by atoms with Gasteiger partial charge in [-0.3, -0.25) is 9.69 Å². The van der Waals surface area contributed by atoms with Crippen LogP contribution in [0, 0.1) is 5.92 Å². The van der Waals surface area contributed by atoms with Gasteiger partial charge in [-0.25, -0.2) is 0 Å². The standard InChI is InChI=1S/C19H25BN2O2/c20-18-5-3-16(4-6-18)1-2-17-7-9-22(10-8-17)19(23)15-21-11-13-24-14-12-21/h1-6,17H,7-15H2/b2-1+. The molecule has 126 valence electrons. The predicted octanol–water partition coefficient (Wildman–Crippen LogP) is 1.06. The number of benzene rings is 1. The van der Waals surface area contributed by atoms with Gasteiger partial charge < -0.3 is 9.64 Å². The SMILES string of the molecule is [B]c1ccc(/C=C/C2CCN(C(=O)CN3CCOCC3)CC2)cc1. The first-order valence-electron chi connectivity index (χ1n) is 8.82. The minimum Gasteiger partial charge on any atom is -0.379 e. The monoisotopic (exact) mass is 324 g/mol. The zero-order valence-electron chi connectivity index (χ0n) is 14.2. The number of piperidine rings is 1. The number of hydrogen-bond acceptors (Lipinski definition) is 3. The van der Waals surface area contributed by atoms with E-state index in [4.69, 9.17) is 12.6 Å². The maximum Gasteiger partial charge on any atom is 0.236 e. The van der Waals surface area contributed by atoms with Crippen molar-refractivity contribution in [2.75, 3.05) is 45.9 Å². The lowest BCUT2D eigenvalue weighted by atomic mass is 9.93. The lowest BCUT2D eigenvalue weighted by molar-refractivity contribution is -0.134. The van der Waals surface area contributed by atoms with E-state index in [0.29, 0.717) is 12.5 Å². The Labute approximate surface area is 145 Å². The zero-order valence-corrected chi connectivity index (χ0v) is 14.2. The van der Waals surface area contributed by atoms with Crippen molar-refractivity contribution >= 4 is 25.3 Å². The molecule has 1 aromatic carbocycles. The Morgan fingerprint density at radius 2 is 1.79 bits per heavy atom. The molecule has 2 aliphatic heterocycles. The molecule has 4 nitrogen and oxygen atoms in total. The topological polar surface area (TPSA) is 32.8 Å². The second-order valence-electron chi connectivity index (χ2n) is 6.63. The van der Waals surface area contributed by atoms with Crippen molar-refractivity contribution in [1.29, 1.82) is 0 Å². The normalized spacial score (nSPS) is 20.6. The van der Waals surface area contributed by atoms with Crippen molar-refractivity contribution in [2.45, 2.75) is 12.8 Å². The predicted molar refractivity (Wildman–Crippen MR) is 97.4 cm³/mol. The number of likely N-dealkylation sites (tertiary alicyclic amines) is 1. The molecule has 24 heavy (non-hydrogen) atoms. The quantitative estimate of drug-likeness (QED) is 0.777. The van der Waals surface area contributed by atoms with Gasteiger partial charge in [0.15, 0.2) is 0 Å². The van der Waals surface area contributed by atoms with Crippen molar-refractivity contribution in [3.05, 3.63) is 35.9 Å². The Balaban J connectivity index is 1.43. The van der Waals surface area contributed by atoms with Crippen molar-refractivity contribution in [1.82, 2.24) is 9.80 Å². The highest BCUT2D eigenvalue weighted by Crippen LogP contribution is 2.20. The van der Waals surface area contributed by atoms with E-state index < -0.39 is 0 Å². The molecule has 2 heterocycles. The second kappa shape index (κ2) is 8.49. The fourth-order valence-corrected chi connectivity index (χ4v) is 3.25. The van der Waals surface area contributed by atoms with Gasteiger partial charge in [0.2, 0.25) is 5.91 Å². The Morgan fingerprint density at radius 1 is 1.12 bits per heavy atom. The minimum atomic E-state index is 0.262. The van der Waals surface area contributed by atoms with E-state index in [9.17, 15) is 4.79 Å². The van der Waals surface area contributed by atoms with Crippen molar-refractivity contribution in [3.63, 3.8) is 0 Å². The molecule has 1 amide bonds. The van der Waals surface area contributed by atoms with Crippen molar-refractivity contribution < 1.29 is 9.53 Å². The first kappa shape index (κ1) is 17.2. The van der Waals surface area contributed by atoms with Crippen molar-refractivity contribution in [3.8, 4) is 0 Å². The van der Waals surface area contributed by atoms with Crippen LogP contribution in [0.5, 0.6) is 0 Å². The maximum atomic E-state index is 12.4. The summed E-state index contributed by atoms with van der Waals surface area (Å²) in [4.78, 5) is 16.6. The number of carbonyl (C=O) groups is 1. The first-order valence-corrected chi connectivity index (χ1v) is 8.82. The molecular formula is C19H25BN2O2. The van der Waals surface area contributed by atoms with Gasteiger partial charge in [0.05, 0.1) is 19.8 Å². The maximum absolute atomic E-state index is 12.4. The van der Waals surface area contributed by atoms with Gasteiger partial charge in [0.25, 0.3) is 0 Å². The molecule has 0 unspecified atom stereocenters. The van der Waals surface area contributed by atoms with Gasteiger partial charge in [-0.15, -0.1) is 0 Å². The summed E-state index contributed by atoms with van der Waals surface area (Å²) in [6, 6.07) is 7.92. The van der Waals surface area contributed by atoms with Gasteiger partial charge in [0.1, 0.15) is 7.85 Å². The minimum absolute atomic E-state index is 0.262. The third-order valence-electron chi connectivity index (χ3n) is 4.85. The number of carbonyl (C=O) groups excluding carboxylic acids is 1. The van der Waals surface area contributed by atoms with Crippen LogP contribution >= 0.6 is 0 Å². The third kappa shape index (κ3) is 4.95. The van der Waals surface area contributed by atoms with E-state index in [2.05, 4.69) is 17.1 Å². The van der Waals surface area contributed by atoms with Gasteiger partial charge in [0, 0.05) is 26.2 Å². The van der Waals surface area contributed by atoms with Crippen LogP contribution in [-0.4, -0.2) is 69.5 Å². The summed E-state index contributed by atoms with van der Waals surface area (Å²) in [6.45, 7) is 5.48. The molecule has 0 spiro atoms. The second-order valence-corrected chi connectivity index (χ2v) is 6.63. The molecule has 0 aliphatic carbocycles. The summed E-state index contributed by atoms with van der Waals surface area (Å²) in [5, 5.41) is 0. The van der Waals surface area contributed by atoms with E-state index in [1.807, 2.05) is 29.2 Å². The Bertz CT molecular complexity index is 559. The first-order chi connectivity index (χ1) is 11.7. The largest absolute Gasteiger partial charge is 0.379 e. The Morgan fingerprint density at radius 3 is 2.46 bits per heavy atom. The van der Waals surface area contributed by atoms with Crippen LogP contribution in [0.2, 0.25) is 0 Å². The molecule has 2 fully saturated rings. The highest BCUT2D eigenvalue weighted by Gasteiger charge is 2.23. The van der Waals surface area contributed by atoms with Gasteiger partial charge in [-0.2, -0.15) is 0 Å². The number of morpholine rings is 1. The smallest absolute Gasteiger partial charge is 0.236 e. The van der Waals surface area contributed by atoms with Crippen LogP contribution in [0.15, 0.2) is 30.3 Å². The van der Waals surface area contributed by atoms with E-state index in [1.165, 1.54) is 5.56 Å². The summed E-state index contributed by atoms with van der Waals surface area (Å²) >= 11 is 0. The number of hydrogen-bond donors (Lipinski definition) is 0. The van der Waals surface area contributed by atoms with E-state index in [0.717, 1.165) is 57.7 Å². The molecule has 0 aromatic heterocycles. The molecule has 1 aromatic rings. The Kier molecular flexibility index (Phi) is 6.10. The molecule has 5 heteroatoms. The number of amides is 1. The van der Waals surface area contributed by atoms with Crippen LogP contribution < -0.4 is 5.46 Å².